The summed E-state index contributed by atoms with van der Waals surface area (Å²) >= 11 is 0. The Hall–Kier alpha value is -2.76. The average molecular weight is 527 g/mol. The number of benzene rings is 1. The minimum absolute atomic E-state index is 0. The highest BCUT2D eigenvalue weighted by Gasteiger charge is 2.25. The first kappa shape index (κ1) is 23.5. The van der Waals surface area contributed by atoms with Crippen molar-refractivity contribution in [3.05, 3.63) is 54.0 Å². The highest BCUT2D eigenvalue weighted by Crippen LogP contribution is 2.10. The van der Waals surface area contributed by atoms with Crippen molar-refractivity contribution in [3.63, 3.8) is 0 Å². The molecular weight excluding hydrogens is 501 g/mol. The van der Waals surface area contributed by atoms with Crippen LogP contribution in [-0.4, -0.2) is 79.0 Å². The highest BCUT2D eigenvalue weighted by atomic mass is 127. The van der Waals surface area contributed by atoms with Gasteiger partial charge in [-0.05, 0) is 36.4 Å². The normalized spacial score (nSPS) is 14.1. The number of carbonyl (C=O) groups excluding carboxylic acids is 2. The Kier molecular flexibility index (Phi) is 8.96. The maximum atomic E-state index is 12.3. The third-order valence-corrected chi connectivity index (χ3v) is 4.63. The minimum Gasteiger partial charge on any atom is -0.508 e. The van der Waals surface area contributed by atoms with E-state index in [0.717, 1.165) is 5.96 Å². The molecular formula is C20H26IN5O4. The van der Waals surface area contributed by atoms with Gasteiger partial charge in [-0.25, -0.2) is 0 Å². The fourth-order valence-corrected chi connectivity index (χ4v) is 3.07. The lowest BCUT2D eigenvalue weighted by molar-refractivity contribution is 0.0657. The largest absolute Gasteiger partial charge is 0.508 e. The van der Waals surface area contributed by atoms with E-state index in [1.54, 1.807) is 36.2 Å². The molecule has 162 valence electrons. The Morgan fingerprint density at radius 1 is 1.03 bits per heavy atom. The third kappa shape index (κ3) is 6.12. The van der Waals surface area contributed by atoms with Crippen molar-refractivity contribution in [3.8, 4) is 5.75 Å². The molecule has 1 saturated heterocycles. The molecule has 0 saturated carbocycles. The summed E-state index contributed by atoms with van der Waals surface area (Å²) in [5, 5.41) is 15.3. The molecule has 2 heterocycles. The van der Waals surface area contributed by atoms with Gasteiger partial charge in [-0.15, -0.1) is 24.0 Å². The van der Waals surface area contributed by atoms with E-state index in [4.69, 9.17) is 4.42 Å². The molecule has 0 atom stereocenters. The molecule has 1 aliphatic heterocycles. The fraction of sp³-hybridized carbons (Fsp3) is 0.350. The topological polar surface area (TPSA) is 110 Å². The zero-order valence-corrected chi connectivity index (χ0v) is 19.0. The molecule has 3 N–H and O–H groups in total. The van der Waals surface area contributed by atoms with Gasteiger partial charge in [-0.2, -0.15) is 0 Å². The number of hydrogen-bond donors (Lipinski definition) is 3. The van der Waals surface area contributed by atoms with Crippen LogP contribution in [0.25, 0.3) is 0 Å². The molecule has 1 fully saturated rings. The Morgan fingerprint density at radius 2 is 1.67 bits per heavy atom. The number of aromatic hydroxyl groups is 1. The number of rotatable bonds is 5. The second kappa shape index (κ2) is 11.4. The number of hydrogen-bond acceptors (Lipinski definition) is 5. The number of aliphatic imine (C=N–C) groups is 1. The van der Waals surface area contributed by atoms with Crippen molar-refractivity contribution >= 4 is 41.8 Å². The number of guanidine groups is 1. The van der Waals surface area contributed by atoms with Crippen molar-refractivity contribution in [1.82, 2.24) is 20.4 Å². The fourth-order valence-electron chi connectivity index (χ4n) is 3.07. The molecule has 1 aromatic heterocycles. The van der Waals surface area contributed by atoms with Gasteiger partial charge in [0.1, 0.15) is 5.75 Å². The number of piperazine rings is 1. The van der Waals surface area contributed by atoms with Crippen LogP contribution in [0.4, 0.5) is 0 Å². The number of phenols is 1. The first-order valence-electron chi connectivity index (χ1n) is 9.44. The first-order chi connectivity index (χ1) is 14.1. The standard InChI is InChI=1S/C20H25N5O4.HI/c1-21-20(23-9-8-22-18(27)15-4-6-16(26)7-5-15)25-12-10-24(11-13-25)19(28)17-3-2-14-29-17;/h2-7,14,26H,8-13H2,1H3,(H,21,23)(H,22,27);1H. The van der Waals surface area contributed by atoms with Gasteiger partial charge in [0.05, 0.1) is 6.26 Å². The van der Waals surface area contributed by atoms with Crippen LogP contribution in [0.15, 0.2) is 52.1 Å². The Labute approximate surface area is 192 Å². The van der Waals surface area contributed by atoms with Gasteiger partial charge in [-0.1, -0.05) is 0 Å². The molecule has 0 aliphatic carbocycles. The highest BCUT2D eigenvalue weighted by molar-refractivity contribution is 14.0. The van der Waals surface area contributed by atoms with Gasteiger partial charge in [-0.3, -0.25) is 14.6 Å². The minimum atomic E-state index is -0.202. The van der Waals surface area contributed by atoms with E-state index in [2.05, 4.69) is 20.5 Å². The van der Waals surface area contributed by atoms with Crippen molar-refractivity contribution < 1.29 is 19.1 Å². The number of halogens is 1. The molecule has 1 aliphatic rings. The van der Waals surface area contributed by atoms with Crippen LogP contribution in [0.2, 0.25) is 0 Å². The van der Waals surface area contributed by atoms with Crippen LogP contribution in [0.1, 0.15) is 20.9 Å². The van der Waals surface area contributed by atoms with E-state index >= 15 is 0 Å². The number of phenolic OH excluding ortho intramolecular Hbond substituents is 1. The summed E-state index contributed by atoms with van der Waals surface area (Å²) in [6.45, 7) is 3.42. The van der Waals surface area contributed by atoms with E-state index in [1.165, 1.54) is 18.4 Å². The number of nitrogens with zero attached hydrogens (tertiary/aromatic N) is 3. The summed E-state index contributed by atoms with van der Waals surface area (Å²) in [5.41, 5.74) is 0.490. The molecule has 2 aromatic rings. The lowest BCUT2D eigenvalue weighted by Crippen LogP contribution is -2.54. The second-order valence-electron chi connectivity index (χ2n) is 6.53. The number of furan rings is 1. The Bertz CT molecular complexity index is 847. The number of nitrogens with one attached hydrogen (secondary N) is 2. The van der Waals surface area contributed by atoms with Crippen molar-refractivity contribution in [1.29, 1.82) is 0 Å². The van der Waals surface area contributed by atoms with Crippen LogP contribution < -0.4 is 10.6 Å². The van der Waals surface area contributed by atoms with E-state index in [1.807, 2.05) is 0 Å². The molecule has 0 bridgehead atoms. The smallest absolute Gasteiger partial charge is 0.289 e. The summed E-state index contributed by atoms with van der Waals surface area (Å²) < 4.78 is 5.18. The van der Waals surface area contributed by atoms with Crippen LogP contribution in [0.3, 0.4) is 0 Å². The summed E-state index contributed by atoms with van der Waals surface area (Å²) in [6, 6.07) is 9.47. The van der Waals surface area contributed by atoms with Crippen LogP contribution in [0, 0.1) is 0 Å². The van der Waals surface area contributed by atoms with E-state index in [0.29, 0.717) is 50.6 Å². The van der Waals surface area contributed by atoms with Crippen molar-refractivity contribution in [2.75, 3.05) is 46.3 Å². The predicted octanol–water partition coefficient (Wildman–Crippen LogP) is 1.37. The van der Waals surface area contributed by atoms with Crippen molar-refractivity contribution in [2.45, 2.75) is 0 Å². The monoisotopic (exact) mass is 527 g/mol. The molecule has 0 radical (unpaired) electrons. The molecule has 1 aromatic carbocycles. The molecule has 0 spiro atoms. The number of carbonyl (C=O) groups is 2. The van der Waals surface area contributed by atoms with E-state index < -0.39 is 0 Å². The maximum absolute atomic E-state index is 12.3. The average Bonchev–Trinajstić information content (AvgIpc) is 3.29. The quantitative estimate of drug-likeness (QED) is 0.235. The molecule has 30 heavy (non-hydrogen) atoms. The summed E-state index contributed by atoms with van der Waals surface area (Å²) in [5.74, 6) is 0.902. The molecule has 3 rings (SSSR count). The van der Waals surface area contributed by atoms with Gasteiger partial charge in [0.2, 0.25) is 0 Å². The molecule has 2 amide bonds. The molecule has 0 unspecified atom stereocenters. The maximum Gasteiger partial charge on any atom is 0.289 e. The van der Waals surface area contributed by atoms with E-state index in [9.17, 15) is 14.7 Å². The van der Waals surface area contributed by atoms with Crippen molar-refractivity contribution in [2.24, 2.45) is 4.99 Å². The summed E-state index contributed by atoms with van der Waals surface area (Å²) in [6.07, 6.45) is 1.50. The first-order valence-corrected chi connectivity index (χ1v) is 9.44. The summed E-state index contributed by atoms with van der Waals surface area (Å²) in [7, 11) is 1.71. The second-order valence-corrected chi connectivity index (χ2v) is 6.53. The van der Waals surface area contributed by atoms with Gasteiger partial charge >= 0.3 is 0 Å². The van der Waals surface area contributed by atoms with Crippen LogP contribution in [0.5, 0.6) is 5.75 Å². The predicted molar refractivity (Wildman–Crippen MR) is 123 cm³/mol. The van der Waals surface area contributed by atoms with Gasteiger partial charge in [0, 0.05) is 51.9 Å². The SMILES string of the molecule is CN=C(NCCNC(=O)c1ccc(O)cc1)N1CCN(C(=O)c2ccco2)CC1.I. The molecule has 9 nitrogen and oxygen atoms in total. The van der Waals surface area contributed by atoms with Crippen LogP contribution in [-0.2, 0) is 0 Å². The summed E-state index contributed by atoms with van der Waals surface area (Å²) in [4.78, 5) is 32.5. The Balaban J connectivity index is 0.00000320. The van der Waals surface area contributed by atoms with E-state index in [-0.39, 0.29) is 41.5 Å². The van der Waals surface area contributed by atoms with Gasteiger partial charge in [0.15, 0.2) is 11.7 Å². The molecule has 10 heteroatoms. The zero-order chi connectivity index (χ0) is 20.6. The lowest BCUT2D eigenvalue weighted by Gasteiger charge is -2.36. The lowest BCUT2D eigenvalue weighted by atomic mass is 10.2. The zero-order valence-electron chi connectivity index (χ0n) is 16.7. The van der Waals surface area contributed by atoms with Gasteiger partial charge < -0.3 is 30.0 Å². The third-order valence-electron chi connectivity index (χ3n) is 4.63. The Morgan fingerprint density at radius 3 is 2.27 bits per heavy atom. The van der Waals surface area contributed by atoms with Gasteiger partial charge in [0.25, 0.3) is 11.8 Å². The van der Waals surface area contributed by atoms with Crippen LogP contribution >= 0.6 is 24.0 Å². The number of amides is 2.